The minimum atomic E-state index is -0.580. The Labute approximate surface area is 216 Å². The Bertz CT molecular complexity index is 1250. The maximum atomic E-state index is 13.7. The summed E-state index contributed by atoms with van der Waals surface area (Å²) in [5.74, 6) is 1.60. The lowest BCUT2D eigenvalue weighted by Gasteiger charge is -2.29. The monoisotopic (exact) mass is 502 g/mol. The van der Waals surface area contributed by atoms with E-state index in [4.69, 9.17) is 9.47 Å². The topological polar surface area (TPSA) is 67.9 Å². The fraction of sp³-hybridized carbons (Fsp3) is 0.310. The molecule has 186 valence electrons. The molecule has 0 saturated carbocycles. The van der Waals surface area contributed by atoms with Crippen LogP contribution >= 0.6 is 11.8 Å². The number of hydrogen-bond acceptors (Lipinski definition) is 5. The molecule has 2 atom stereocenters. The highest BCUT2D eigenvalue weighted by molar-refractivity contribution is 7.99. The number of rotatable bonds is 5. The zero-order valence-electron chi connectivity index (χ0n) is 20.7. The van der Waals surface area contributed by atoms with E-state index in [1.807, 2.05) is 36.4 Å². The number of amides is 2. The molecule has 2 unspecified atom stereocenters. The summed E-state index contributed by atoms with van der Waals surface area (Å²) in [7, 11) is 0. The fourth-order valence-corrected chi connectivity index (χ4v) is 5.88. The van der Waals surface area contributed by atoms with E-state index in [-0.39, 0.29) is 29.4 Å². The van der Waals surface area contributed by atoms with Gasteiger partial charge in [0.05, 0.1) is 0 Å². The van der Waals surface area contributed by atoms with Crippen LogP contribution in [0.1, 0.15) is 53.2 Å². The van der Waals surface area contributed by atoms with Gasteiger partial charge in [-0.2, -0.15) is 0 Å². The average molecular weight is 503 g/mol. The predicted octanol–water partition coefficient (Wildman–Crippen LogP) is 5.29. The number of thioether (sulfide) groups is 1. The van der Waals surface area contributed by atoms with Gasteiger partial charge in [-0.1, -0.05) is 69.3 Å². The predicted molar refractivity (Wildman–Crippen MR) is 141 cm³/mol. The van der Waals surface area contributed by atoms with Gasteiger partial charge in [-0.05, 0) is 46.4 Å². The second-order valence-corrected chi connectivity index (χ2v) is 11.2. The van der Waals surface area contributed by atoms with Crippen LogP contribution in [0.4, 0.5) is 0 Å². The molecule has 2 amide bonds. The van der Waals surface area contributed by atoms with E-state index in [1.54, 1.807) is 28.8 Å². The number of nitrogens with zero attached hydrogens (tertiary/aromatic N) is 1. The fourth-order valence-electron chi connectivity index (χ4n) is 4.45. The molecule has 0 aromatic heterocycles. The zero-order chi connectivity index (χ0) is 25.3. The third-order valence-electron chi connectivity index (χ3n) is 6.52. The second-order valence-electron chi connectivity index (χ2n) is 10.1. The highest BCUT2D eigenvalue weighted by Crippen LogP contribution is 2.43. The van der Waals surface area contributed by atoms with Crippen molar-refractivity contribution in [3.8, 4) is 11.5 Å². The maximum Gasteiger partial charge on any atom is 0.255 e. The second kappa shape index (κ2) is 9.90. The molecule has 3 aromatic rings. The lowest BCUT2D eigenvalue weighted by atomic mass is 9.86. The molecule has 1 fully saturated rings. The molecule has 7 heteroatoms. The van der Waals surface area contributed by atoms with Crippen LogP contribution in [0.3, 0.4) is 0 Å². The van der Waals surface area contributed by atoms with Crippen LogP contribution in [0.2, 0.25) is 0 Å². The summed E-state index contributed by atoms with van der Waals surface area (Å²) in [5.41, 5.74) is 3.77. The molecule has 1 N–H and O–H groups in total. The van der Waals surface area contributed by atoms with Crippen LogP contribution in [-0.4, -0.2) is 35.3 Å². The number of fused-ring (bicyclic) bond motifs is 1. The SMILES string of the molecule is CC(C)(C)c1ccc(C2SCC(C(=O)NCc3ccc4c(c3)OCO4)N2C(=O)c2ccccc2)cc1. The van der Waals surface area contributed by atoms with E-state index in [0.717, 1.165) is 11.1 Å². The Morgan fingerprint density at radius 3 is 2.42 bits per heavy atom. The van der Waals surface area contributed by atoms with Crippen molar-refractivity contribution in [2.24, 2.45) is 0 Å². The van der Waals surface area contributed by atoms with Crippen LogP contribution in [-0.2, 0) is 16.8 Å². The third-order valence-corrected chi connectivity index (χ3v) is 7.85. The maximum absolute atomic E-state index is 13.7. The summed E-state index contributed by atoms with van der Waals surface area (Å²) in [6.07, 6.45) is 0. The van der Waals surface area contributed by atoms with Crippen molar-refractivity contribution in [1.29, 1.82) is 0 Å². The summed E-state index contributed by atoms with van der Waals surface area (Å²) in [6.45, 7) is 7.09. The molecular weight excluding hydrogens is 472 g/mol. The van der Waals surface area contributed by atoms with Gasteiger partial charge >= 0.3 is 0 Å². The quantitative estimate of drug-likeness (QED) is 0.514. The Morgan fingerprint density at radius 1 is 0.972 bits per heavy atom. The van der Waals surface area contributed by atoms with Gasteiger partial charge in [-0.3, -0.25) is 9.59 Å². The van der Waals surface area contributed by atoms with Crippen LogP contribution in [0.15, 0.2) is 72.8 Å². The van der Waals surface area contributed by atoms with E-state index >= 15 is 0 Å². The van der Waals surface area contributed by atoms with Crippen molar-refractivity contribution in [3.63, 3.8) is 0 Å². The largest absolute Gasteiger partial charge is 0.454 e. The van der Waals surface area contributed by atoms with Gasteiger partial charge in [0.2, 0.25) is 12.7 Å². The van der Waals surface area contributed by atoms with Crippen molar-refractivity contribution >= 4 is 23.6 Å². The van der Waals surface area contributed by atoms with E-state index in [2.05, 4.69) is 50.4 Å². The number of carbonyl (C=O) groups is 2. The van der Waals surface area contributed by atoms with E-state index in [1.165, 1.54) is 5.56 Å². The van der Waals surface area contributed by atoms with Crippen molar-refractivity contribution in [3.05, 3.63) is 95.1 Å². The highest BCUT2D eigenvalue weighted by Gasteiger charge is 2.42. The minimum Gasteiger partial charge on any atom is -0.454 e. The summed E-state index contributed by atoms with van der Waals surface area (Å²) < 4.78 is 10.8. The molecule has 0 radical (unpaired) electrons. The molecule has 3 aromatic carbocycles. The standard InChI is InChI=1S/C29H30N2O4S/c1-29(2,3)22-12-10-21(11-13-22)28-31(27(33)20-7-5-4-6-8-20)23(17-36-28)26(32)30-16-19-9-14-24-25(15-19)35-18-34-24/h4-15,23,28H,16-18H2,1-3H3,(H,30,32). The van der Waals surface area contributed by atoms with Gasteiger partial charge in [-0.15, -0.1) is 11.8 Å². The summed E-state index contributed by atoms with van der Waals surface area (Å²) in [5, 5.41) is 2.78. The van der Waals surface area contributed by atoms with Crippen LogP contribution in [0, 0.1) is 0 Å². The van der Waals surface area contributed by atoms with Gasteiger partial charge in [-0.25, -0.2) is 0 Å². The van der Waals surface area contributed by atoms with Gasteiger partial charge in [0.25, 0.3) is 5.91 Å². The molecule has 2 heterocycles. The first kappa shape index (κ1) is 24.3. The van der Waals surface area contributed by atoms with Gasteiger partial charge in [0.1, 0.15) is 11.4 Å². The lowest BCUT2D eigenvalue weighted by Crippen LogP contribution is -2.47. The Kier molecular flexibility index (Phi) is 6.67. The molecule has 2 aliphatic rings. The Balaban J connectivity index is 1.37. The molecule has 0 bridgehead atoms. The molecule has 0 spiro atoms. The van der Waals surface area contributed by atoms with Crippen molar-refractivity contribution < 1.29 is 19.1 Å². The molecule has 5 rings (SSSR count). The number of ether oxygens (including phenoxy) is 2. The molecule has 36 heavy (non-hydrogen) atoms. The number of benzene rings is 3. The number of hydrogen-bond donors (Lipinski definition) is 1. The Morgan fingerprint density at radius 2 is 1.69 bits per heavy atom. The first-order valence-corrected chi connectivity index (χ1v) is 13.1. The highest BCUT2D eigenvalue weighted by atomic mass is 32.2. The van der Waals surface area contributed by atoms with E-state index < -0.39 is 6.04 Å². The average Bonchev–Trinajstić information content (AvgIpc) is 3.54. The van der Waals surface area contributed by atoms with E-state index in [9.17, 15) is 9.59 Å². The van der Waals surface area contributed by atoms with Crippen LogP contribution in [0.25, 0.3) is 0 Å². The Hall–Kier alpha value is -3.45. The summed E-state index contributed by atoms with van der Waals surface area (Å²) in [6, 6.07) is 22.6. The number of nitrogens with one attached hydrogen (secondary N) is 1. The first-order valence-electron chi connectivity index (χ1n) is 12.1. The van der Waals surface area contributed by atoms with Crippen LogP contribution < -0.4 is 14.8 Å². The normalized spacial score (nSPS) is 18.8. The third kappa shape index (κ3) is 4.93. The molecular formula is C29H30N2O4S. The summed E-state index contributed by atoms with van der Waals surface area (Å²) >= 11 is 1.62. The summed E-state index contributed by atoms with van der Waals surface area (Å²) in [4.78, 5) is 28.8. The smallest absolute Gasteiger partial charge is 0.255 e. The van der Waals surface area contributed by atoms with Gasteiger partial charge in [0.15, 0.2) is 11.5 Å². The van der Waals surface area contributed by atoms with Crippen molar-refractivity contribution in [2.75, 3.05) is 12.5 Å². The van der Waals surface area contributed by atoms with Gasteiger partial charge in [0, 0.05) is 17.9 Å². The minimum absolute atomic E-state index is 0.0397. The van der Waals surface area contributed by atoms with Crippen LogP contribution in [0.5, 0.6) is 11.5 Å². The van der Waals surface area contributed by atoms with E-state index in [0.29, 0.717) is 29.4 Å². The zero-order valence-corrected chi connectivity index (χ0v) is 21.5. The molecule has 2 aliphatic heterocycles. The van der Waals surface area contributed by atoms with Crippen molar-refractivity contribution in [1.82, 2.24) is 10.2 Å². The number of carbonyl (C=O) groups excluding carboxylic acids is 2. The molecule has 1 saturated heterocycles. The first-order chi connectivity index (χ1) is 17.3. The lowest BCUT2D eigenvalue weighted by molar-refractivity contribution is -0.125. The molecule has 6 nitrogen and oxygen atoms in total. The molecule has 0 aliphatic carbocycles. The van der Waals surface area contributed by atoms with Gasteiger partial charge < -0.3 is 19.7 Å². The van der Waals surface area contributed by atoms with Crippen molar-refractivity contribution in [2.45, 2.75) is 44.1 Å².